The van der Waals surface area contributed by atoms with Gasteiger partial charge in [0.1, 0.15) is 0 Å². The fourth-order valence-corrected chi connectivity index (χ4v) is 14.3. The maximum absolute atomic E-state index is 2.57. The molecule has 0 aliphatic carbocycles. The largest absolute Gasteiger partial charge is 0.311 e. The summed E-state index contributed by atoms with van der Waals surface area (Å²) in [5.74, 6) is 0. The van der Waals surface area contributed by atoms with Crippen molar-refractivity contribution in [3.63, 3.8) is 0 Å². The molecule has 0 bridgehead atoms. The minimum absolute atomic E-state index is 0.0638. The minimum atomic E-state index is -0.0798. The average Bonchev–Trinajstić information content (AvgIpc) is 0.805. The number of para-hydroxylation sites is 5. The van der Waals surface area contributed by atoms with E-state index in [0.29, 0.717) is 0 Å². The summed E-state index contributed by atoms with van der Waals surface area (Å²) < 4.78 is 2.46. The van der Waals surface area contributed by atoms with Gasteiger partial charge in [0.2, 0.25) is 0 Å². The maximum Gasteiger partial charge on any atom is 0.252 e. The van der Waals surface area contributed by atoms with Crippen molar-refractivity contribution in [1.82, 2.24) is 4.57 Å². The van der Waals surface area contributed by atoms with E-state index >= 15 is 0 Å². The zero-order valence-corrected chi connectivity index (χ0v) is 49.5. The van der Waals surface area contributed by atoms with Crippen LogP contribution in [-0.4, -0.2) is 11.3 Å². The molecule has 0 radical (unpaired) electrons. The standard InChI is InChI=1S/C82H64BN3/c1-81(2,3)59-47-56(48-60(51-59)82(4,5)6)54-44-55(46-58(45-54)79-68-36-18-16-34-66(68)78(53-26-10-7-11-27-53)67-35-17-19-37-69(67)79)57-49-76-80-77(50-57)85(62-30-14-9-15-31-62)75-52-63(86-72-39-23-20-32-64(72)65-33-21-24-40-73(65)86)42-43-71(75)83(80)70-38-22-25-41-74(70)84(76)61-28-12-8-13-29-61/h7-52H,1-6H3. The summed E-state index contributed by atoms with van der Waals surface area (Å²) in [7, 11) is 0. The van der Waals surface area contributed by atoms with Crippen LogP contribution in [0.2, 0.25) is 0 Å². The Labute approximate surface area is 504 Å². The molecular formula is C82H64BN3. The van der Waals surface area contributed by atoms with Crippen LogP contribution in [-0.2, 0) is 10.8 Å². The predicted molar refractivity (Wildman–Crippen MR) is 369 cm³/mol. The second kappa shape index (κ2) is 19.7. The Hall–Kier alpha value is -10.2. The molecule has 0 unspecified atom stereocenters. The third-order valence-electron chi connectivity index (χ3n) is 18.4. The summed E-state index contributed by atoms with van der Waals surface area (Å²) in [5, 5.41) is 7.43. The van der Waals surface area contributed by atoms with Gasteiger partial charge in [-0.25, -0.2) is 0 Å². The fourth-order valence-electron chi connectivity index (χ4n) is 14.3. The van der Waals surface area contributed by atoms with Gasteiger partial charge < -0.3 is 14.4 Å². The Kier molecular flexibility index (Phi) is 11.8. The summed E-state index contributed by atoms with van der Waals surface area (Å²) in [6.07, 6.45) is 0. The summed E-state index contributed by atoms with van der Waals surface area (Å²) in [5.41, 5.74) is 26.3. The second-order valence-electron chi connectivity index (χ2n) is 25.7. The van der Waals surface area contributed by atoms with Crippen molar-refractivity contribution in [3.05, 3.63) is 290 Å². The normalized spacial score (nSPS) is 12.9. The third-order valence-corrected chi connectivity index (χ3v) is 18.4. The lowest BCUT2D eigenvalue weighted by molar-refractivity contribution is 0.569. The number of hydrogen-bond acceptors (Lipinski definition) is 2. The number of benzene rings is 13. The van der Waals surface area contributed by atoms with Crippen LogP contribution in [0.1, 0.15) is 52.7 Å². The van der Waals surface area contributed by atoms with Gasteiger partial charge in [0.25, 0.3) is 6.71 Å². The van der Waals surface area contributed by atoms with Crippen LogP contribution in [0.5, 0.6) is 0 Å². The lowest BCUT2D eigenvalue weighted by Gasteiger charge is -2.44. The Morgan fingerprint density at radius 2 is 0.663 bits per heavy atom. The molecule has 0 fully saturated rings. The van der Waals surface area contributed by atoms with Crippen molar-refractivity contribution >= 4 is 101 Å². The zero-order valence-electron chi connectivity index (χ0n) is 49.5. The number of rotatable bonds is 7. The molecule has 0 N–H and O–H groups in total. The van der Waals surface area contributed by atoms with E-state index in [1.54, 1.807) is 0 Å². The quantitative estimate of drug-likeness (QED) is 0.116. The third kappa shape index (κ3) is 8.26. The van der Waals surface area contributed by atoms with Crippen molar-refractivity contribution in [2.45, 2.75) is 52.4 Å². The van der Waals surface area contributed by atoms with Gasteiger partial charge >= 0.3 is 0 Å². The molecule has 0 spiro atoms. The van der Waals surface area contributed by atoms with E-state index < -0.39 is 0 Å². The van der Waals surface area contributed by atoms with Gasteiger partial charge in [0.05, 0.1) is 11.0 Å². The molecule has 16 rings (SSSR count). The molecule has 0 amide bonds. The molecule has 4 heteroatoms. The minimum Gasteiger partial charge on any atom is -0.311 e. The molecule has 0 saturated carbocycles. The van der Waals surface area contributed by atoms with Crippen molar-refractivity contribution in [2.24, 2.45) is 0 Å². The predicted octanol–water partition coefficient (Wildman–Crippen LogP) is 20.4. The molecule has 2 aliphatic rings. The van der Waals surface area contributed by atoms with E-state index in [0.717, 1.165) is 33.9 Å². The molecule has 2 aliphatic heterocycles. The lowest BCUT2D eigenvalue weighted by Crippen LogP contribution is -2.61. The SMILES string of the molecule is CC(C)(C)c1cc(-c2cc(-c3cc4c5c(c3)N(c3ccccc3)c3cc(-n6c7ccccc7c7ccccc76)ccc3B5c3ccccc3N4c3ccccc3)cc(-c3c4ccccc4c(-c4ccccc4)c4ccccc34)c2)cc(C(C)(C)C)c1. The van der Waals surface area contributed by atoms with Gasteiger partial charge in [-0.1, -0.05) is 236 Å². The Bertz CT molecular complexity index is 4880. The average molecular weight is 1100 g/mol. The molecule has 0 saturated heterocycles. The van der Waals surface area contributed by atoms with Crippen LogP contribution in [0.3, 0.4) is 0 Å². The van der Waals surface area contributed by atoms with Crippen LogP contribution in [0, 0.1) is 0 Å². The molecular weight excluding hydrogens is 1040 g/mol. The topological polar surface area (TPSA) is 11.4 Å². The smallest absolute Gasteiger partial charge is 0.252 e. The highest BCUT2D eigenvalue weighted by Gasteiger charge is 2.44. The van der Waals surface area contributed by atoms with Gasteiger partial charge in [0, 0.05) is 50.6 Å². The Morgan fingerprint density at radius 3 is 1.19 bits per heavy atom. The van der Waals surface area contributed by atoms with Gasteiger partial charge in [-0.15, -0.1) is 0 Å². The van der Waals surface area contributed by atoms with E-state index in [4.69, 9.17) is 0 Å². The first-order valence-corrected chi connectivity index (χ1v) is 30.4. The molecule has 14 aromatic rings. The summed E-state index contributed by atoms with van der Waals surface area (Å²) in [4.78, 5) is 5.10. The van der Waals surface area contributed by atoms with E-state index in [-0.39, 0.29) is 17.5 Å². The molecule has 13 aromatic carbocycles. The molecule has 3 heterocycles. The summed E-state index contributed by atoms with van der Waals surface area (Å²) in [6, 6.07) is 105. The van der Waals surface area contributed by atoms with E-state index in [1.165, 1.54) is 121 Å². The molecule has 410 valence electrons. The molecule has 86 heavy (non-hydrogen) atoms. The van der Waals surface area contributed by atoms with Crippen molar-refractivity contribution < 1.29 is 0 Å². The number of aromatic nitrogens is 1. The molecule has 3 nitrogen and oxygen atoms in total. The van der Waals surface area contributed by atoms with Crippen LogP contribution < -0.4 is 26.2 Å². The highest BCUT2D eigenvalue weighted by atomic mass is 15.2. The van der Waals surface area contributed by atoms with Crippen molar-refractivity contribution in [2.75, 3.05) is 9.80 Å². The maximum atomic E-state index is 2.57. The second-order valence-corrected chi connectivity index (χ2v) is 25.7. The van der Waals surface area contributed by atoms with Gasteiger partial charge in [-0.2, -0.15) is 0 Å². The van der Waals surface area contributed by atoms with Gasteiger partial charge in [0.15, 0.2) is 0 Å². The highest BCUT2D eigenvalue weighted by molar-refractivity contribution is 7.00. The van der Waals surface area contributed by atoms with E-state index in [1.807, 2.05) is 0 Å². The van der Waals surface area contributed by atoms with Crippen molar-refractivity contribution in [3.8, 4) is 50.2 Å². The van der Waals surface area contributed by atoms with Gasteiger partial charge in [-0.05, 0) is 189 Å². The first-order chi connectivity index (χ1) is 41.9. The Morgan fingerprint density at radius 1 is 0.267 bits per heavy atom. The number of fused-ring (bicyclic) bond motifs is 9. The number of nitrogens with zero attached hydrogens (tertiary/aromatic N) is 3. The first kappa shape index (κ1) is 51.5. The lowest BCUT2D eigenvalue weighted by atomic mass is 9.33. The van der Waals surface area contributed by atoms with Crippen LogP contribution in [0.15, 0.2) is 279 Å². The fraction of sp³-hybridized carbons (Fsp3) is 0.0976. The molecule has 1 aromatic heterocycles. The first-order valence-electron chi connectivity index (χ1n) is 30.4. The monoisotopic (exact) mass is 1100 g/mol. The Balaban J connectivity index is 1.02. The molecule has 0 atom stereocenters. The van der Waals surface area contributed by atoms with E-state index in [9.17, 15) is 0 Å². The van der Waals surface area contributed by atoms with Gasteiger partial charge in [-0.3, -0.25) is 0 Å². The summed E-state index contributed by atoms with van der Waals surface area (Å²) >= 11 is 0. The highest BCUT2D eigenvalue weighted by Crippen LogP contribution is 2.50. The summed E-state index contributed by atoms with van der Waals surface area (Å²) in [6.45, 7) is 14.0. The number of anilines is 6. The van der Waals surface area contributed by atoms with E-state index in [2.05, 4.69) is 335 Å². The van der Waals surface area contributed by atoms with Crippen LogP contribution in [0.25, 0.3) is 93.5 Å². The zero-order chi connectivity index (χ0) is 58.0. The number of hydrogen-bond donors (Lipinski definition) is 0. The van der Waals surface area contributed by atoms with Crippen LogP contribution in [0.4, 0.5) is 34.1 Å². The van der Waals surface area contributed by atoms with Crippen molar-refractivity contribution in [1.29, 1.82) is 0 Å². The van der Waals surface area contributed by atoms with Crippen LogP contribution >= 0.6 is 0 Å².